The van der Waals surface area contributed by atoms with Crippen molar-refractivity contribution in [2.45, 2.75) is 37.5 Å². The molecule has 0 saturated heterocycles. The van der Waals surface area contributed by atoms with Gasteiger partial charge in [-0.25, -0.2) is 10.0 Å². The van der Waals surface area contributed by atoms with Gasteiger partial charge < -0.3 is 0 Å². The third kappa shape index (κ3) is 4.78. The molecule has 0 N–H and O–H groups in total. The normalized spacial score (nSPS) is 13.8. The van der Waals surface area contributed by atoms with Gasteiger partial charge in [0.1, 0.15) is 0 Å². The van der Waals surface area contributed by atoms with Crippen LogP contribution in [0.4, 0.5) is 11.4 Å². The molecule has 1 heterocycles. The summed E-state index contributed by atoms with van der Waals surface area (Å²) in [5.74, 6) is -0.0824. The minimum atomic E-state index is -0.0435. The predicted molar refractivity (Wildman–Crippen MR) is 131 cm³/mol. The molecule has 3 aromatic carbocycles. The molecular formula is C27H26N2O2S. The van der Waals surface area contributed by atoms with Crippen LogP contribution in [-0.2, 0) is 4.79 Å². The Labute approximate surface area is 193 Å². The first kappa shape index (κ1) is 21.9. The molecule has 1 aliphatic rings. The standard InChI is InChI=1S/C27H26N2O2S/c1-2-3-6-19-26(30)28(20-25-27(31)23-17-11-12-18-24(23)32-25)29(21-13-7-4-8-14-21)22-15-9-5-10-16-22/h4-5,7-18,20H,2-3,6,19H2,1H3/b25-20-. The Kier molecular flexibility index (Phi) is 7.07. The van der Waals surface area contributed by atoms with Crippen LogP contribution in [0.1, 0.15) is 43.0 Å². The lowest BCUT2D eigenvalue weighted by molar-refractivity contribution is -0.128. The highest BCUT2D eigenvalue weighted by atomic mass is 32.2. The van der Waals surface area contributed by atoms with E-state index in [0.29, 0.717) is 16.9 Å². The van der Waals surface area contributed by atoms with Gasteiger partial charge >= 0.3 is 0 Å². The number of para-hydroxylation sites is 2. The zero-order chi connectivity index (χ0) is 22.3. The largest absolute Gasteiger partial charge is 0.288 e. The van der Waals surface area contributed by atoms with Crippen LogP contribution < -0.4 is 5.01 Å². The van der Waals surface area contributed by atoms with E-state index < -0.39 is 0 Å². The SMILES string of the molecule is CCCCCC(=O)N(/C=C1\Sc2ccccc2C1=O)N(c1ccccc1)c1ccccc1. The van der Waals surface area contributed by atoms with Crippen LogP contribution >= 0.6 is 11.8 Å². The highest BCUT2D eigenvalue weighted by Gasteiger charge is 2.29. The third-order valence-electron chi connectivity index (χ3n) is 5.28. The van der Waals surface area contributed by atoms with Gasteiger partial charge in [-0.3, -0.25) is 9.59 Å². The van der Waals surface area contributed by atoms with E-state index in [-0.39, 0.29) is 11.7 Å². The number of allylic oxidation sites excluding steroid dienone is 1. The first-order valence-electron chi connectivity index (χ1n) is 10.9. The molecule has 5 heteroatoms. The molecule has 3 aromatic rings. The second kappa shape index (κ2) is 10.3. The second-order valence-electron chi connectivity index (χ2n) is 7.60. The summed E-state index contributed by atoms with van der Waals surface area (Å²) in [6.45, 7) is 2.12. The summed E-state index contributed by atoms with van der Waals surface area (Å²) in [5, 5.41) is 3.50. The van der Waals surface area contributed by atoms with E-state index in [2.05, 4.69) is 6.92 Å². The lowest BCUT2D eigenvalue weighted by Crippen LogP contribution is -2.40. The molecule has 0 fully saturated rings. The van der Waals surface area contributed by atoms with E-state index in [9.17, 15) is 9.59 Å². The highest BCUT2D eigenvalue weighted by Crippen LogP contribution is 2.40. The number of hydrogen-bond acceptors (Lipinski definition) is 4. The van der Waals surface area contributed by atoms with Gasteiger partial charge in [0.15, 0.2) is 0 Å². The van der Waals surface area contributed by atoms with Crippen molar-refractivity contribution in [1.29, 1.82) is 0 Å². The number of anilines is 2. The summed E-state index contributed by atoms with van der Waals surface area (Å²) in [5.41, 5.74) is 2.40. The van der Waals surface area contributed by atoms with Gasteiger partial charge in [0, 0.05) is 23.1 Å². The van der Waals surface area contributed by atoms with Gasteiger partial charge in [0.2, 0.25) is 11.7 Å². The molecule has 0 radical (unpaired) electrons. The van der Waals surface area contributed by atoms with Crippen molar-refractivity contribution in [1.82, 2.24) is 5.01 Å². The minimum Gasteiger partial charge on any atom is -0.288 e. The number of rotatable bonds is 8. The van der Waals surface area contributed by atoms with Crippen molar-refractivity contribution in [3.63, 3.8) is 0 Å². The number of carbonyl (C=O) groups is 2. The van der Waals surface area contributed by atoms with Gasteiger partial charge in [-0.2, -0.15) is 0 Å². The molecule has 4 rings (SSSR count). The van der Waals surface area contributed by atoms with Crippen LogP contribution in [0.5, 0.6) is 0 Å². The van der Waals surface area contributed by atoms with Crippen LogP contribution in [0, 0.1) is 0 Å². The number of thioether (sulfide) groups is 1. The maximum absolute atomic E-state index is 13.5. The van der Waals surface area contributed by atoms with E-state index in [0.717, 1.165) is 35.5 Å². The number of ketones is 1. The fourth-order valence-electron chi connectivity index (χ4n) is 3.66. The molecule has 0 saturated carbocycles. The van der Waals surface area contributed by atoms with Crippen molar-refractivity contribution in [3.05, 3.63) is 102 Å². The van der Waals surface area contributed by atoms with Crippen molar-refractivity contribution >= 4 is 34.8 Å². The number of benzene rings is 3. The quantitative estimate of drug-likeness (QED) is 0.214. The summed E-state index contributed by atoms with van der Waals surface area (Å²) in [6, 6.07) is 27.1. The van der Waals surface area contributed by atoms with E-state index in [4.69, 9.17) is 0 Å². The molecular weight excluding hydrogens is 416 g/mol. The van der Waals surface area contributed by atoms with Crippen LogP contribution in [0.2, 0.25) is 0 Å². The summed E-state index contributed by atoms with van der Waals surface area (Å²) in [7, 11) is 0. The van der Waals surface area contributed by atoms with Gasteiger partial charge in [-0.1, -0.05) is 80.1 Å². The molecule has 0 aliphatic carbocycles. The molecule has 4 nitrogen and oxygen atoms in total. The average Bonchev–Trinajstić information content (AvgIpc) is 3.15. The van der Waals surface area contributed by atoms with Gasteiger partial charge in [0.05, 0.1) is 16.3 Å². The first-order chi connectivity index (χ1) is 15.7. The monoisotopic (exact) mass is 442 g/mol. The third-order valence-corrected chi connectivity index (χ3v) is 6.37. The Morgan fingerprint density at radius 2 is 1.44 bits per heavy atom. The maximum atomic E-state index is 13.5. The molecule has 0 unspecified atom stereocenters. The Morgan fingerprint density at radius 3 is 2.03 bits per heavy atom. The topological polar surface area (TPSA) is 40.6 Å². The fourth-order valence-corrected chi connectivity index (χ4v) is 4.66. The van der Waals surface area contributed by atoms with Crippen LogP contribution in [0.3, 0.4) is 0 Å². The molecule has 0 bridgehead atoms. The number of unbranched alkanes of at least 4 members (excludes halogenated alkanes) is 2. The van der Waals surface area contributed by atoms with E-state index in [1.807, 2.05) is 89.9 Å². The van der Waals surface area contributed by atoms with Crippen molar-refractivity contribution < 1.29 is 9.59 Å². The number of Topliss-reactive ketones (excluding diaryl/α,β-unsaturated/α-hetero) is 1. The second-order valence-corrected chi connectivity index (χ2v) is 8.68. The molecule has 32 heavy (non-hydrogen) atoms. The minimum absolute atomic E-state index is 0.0389. The number of hydrazine groups is 1. The molecule has 162 valence electrons. The molecule has 0 aromatic heterocycles. The van der Waals surface area contributed by atoms with Crippen molar-refractivity contribution in [2.75, 3.05) is 5.01 Å². The Hall–Kier alpha value is -3.31. The number of hydrogen-bond donors (Lipinski definition) is 0. The van der Waals surface area contributed by atoms with Gasteiger partial charge in [0.25, 0.3) is 0 Å². The van der Waals surface area contributed by atoms with E-state index >= 15 is 0 Å². The average molecular weight is 443 g/mol. The number of amides is 1. The fraction of sp³-hybridized carbons (Fsp3) is 0.185. The number of carbonyl (C=O) groups excluding carboxylic acids is 2. The number of nitrogens with zero attached hydrogens (tertiary/aromatic N) is 2. The smallest absolute Gasteiger partial charge is 0.245 e. The summed E-state index contributed by atoms with van der Waals surface area (Å²) >= 11 is 1.42. The number of fused-ring (bicyclic) bond motifs is 1. The Morgan fingerprint density at radius 1 is 0.844 bits per heavy atom. The zero-order valence-corrected chi connectivity index (χ0v) is 18.9. The Balaban J connectivity index is 1.77. The lowest BCUT2D eigenvalue weighted by Gasteiger charge is -2.34. The molecule has 1 amide bonds. The summed E-state index contributed by atoms with van der Waals surface area (Å²) in [4.78, 5) is 28.0. The van der Waals surface area contributed by atoms with E-state index in [1.54, 1.807) is 11.2 Å². The predicted octanol–water partition coefficient (Wildman–Crippen LogP) is 6.98. The zero-order valence-electron chi connectivity index (χ0n) is 18.1. The van der Waals surface area contributed by atoms with Gasteiger partial charge in [-0.15, -0.1) is 0 Å². The summed E-state index contributed by atoms with van der Waals surface area (Å²) in [6.07, 6.45) is 4.97. The van der Waals surface area contributed by atoms with Crippen LogP contribution in [0.15, 0.2) is 101 Å². The molecule has 0 atom stereocenters. The summed E-state index contributed by atoms with van der Waals surface area (Å²) < 4.78 is 0. The highest BCUT2D eigenvalue weighted by molar-refractivity contribution is 8.04. The van der Waals surface area contributed by atoms with Crippen molar-refractivity contribution in [2.24, 2.45) is 0 Å². The van der Waals surface area contributed by atoms with Crippen molar-refractivity contribution in [3.8, 4) is 0 Å². The van der Waals surface area contributed by atoms with Gasteiger partial charge in [-0.05, 0) is 42.8 Å². The molecule has 1 aliphatic heterocycles. The van der Waals surface area contributed by atoms with Crippen LogP contribution in [0.25, 0.3) is 0 Å². The molecule has 0 spiro atoms. The first-order valence-corrected chi connectivity index (χ1v) is 11.8. The lowest BCUT2D eigenvalue weighted by atomic mass is 10.1. The maximum Gasteiger partial charge on any atom is 0.245 e. The van der Waals surface area contributed by atoms with Crippen LogP contribution in [-0.4, -0.2) is 16.7 Å². The van der Waals surface area contributed by atoms with E-state index in [1.165, 1.54) is 11.8 Å². The Bertz CT molecular complexity index is 1070.